The lowest BCUT2D eigenvalue weighted by atomic mass is 9.90. The predicted octanol–water partition coefficient (Wildman–Crippen LogP) is 4.30. The quantitative estimate of drug-likeness (QED) is 0.701. The van der Waals surface area contributed by atoms with Gasteiger partial charge in [-0.2, -0.15) is 0 Å². The number of fused-ring (bicyclic) bond motifs is 2. The van der Waals surface area contributed by atoms with Gasteiger partial charge in [-0.1, -0.05) is 31.7 Å². The standard InChI is InChI=1S/C19H19N3/c1-12-7-9-20-13(2)15-6-5-14(10-17(12)15)18-11-22-19-16(18)4-3-8-21-19/h3-6,8,10-12,20H,2,7,9H2,1H3,(H,21,22). The highest BCUT2D eigenvalue weighted by atomic mass is 14.9. The van der Waals surface area contributed by atoms with E-state index in [1.807, 2.05) is 18.5 Å². The summed E-state index contributed by atoms with van der Waals surface area (Å²) in [6.07, 6.45) is 5.00. The van der Waals surface area contributed by atoms with Crippen LogP contribution in [0.25, 0.3) is 27.9 Å². The van der Waals surface area contributed by atoms with E-state index in [0.29, 0.717) is 5.92 Å². The van der Waals surface area contributed by atoms with Gasteiger partial charge in [0.15, 0.2) is 0 Å². The van der Waals surface area contributed by atoms with Crippen LogP contribution in [0.3, 0.4) is 0 Å². The number of pyridine rings is 1. The first-order chi connectivity index (χ1) is 10.7. The summed E-state index contributed by atoms with van der Waals surface area (Å²) >= 11 is 0. The van der Waals surface area contributed by atoms with E-state index in [4.69, 9.17) is 0 Å². The van der Waals surface area contributed by atoms with Gasteiger partial charge in [0.2, 0.25) is 0 Å². The van der Waals surface area contributed by atoms with Crippen LogP contribution in [0.15, 0.2) is 49.3 Å². The molecule has 0 amide bonds. The molecule has 0 fully saturated rings. The number of hydrogen-bond acceptors (Lipinski definition) is 2. The molecule has 0 saturated carbocycles. The van der Waals surface area contributed by atoms with Crippen molar-refractivity contribution in [2.24, 2.45) is 0 Å². The van der Waals surface area contributed by atoms with Gasteiger partial charge < -0.3 is 10.3 Å². The summed E-state index contributed by atoms with van der Waals surface area (Å²) in [4.78, 5) is 7.64. The van der Waals surface area contributed by atoms with Crippen LogP contribution in [-0.4, -0.2) is 16.5 Å². The number of benzene rings is 1. The average molecular weight is 289 g/mol. The Kier molecular flexibility index (Phi) is 3.00. The summed E-state index contributed by atoms with van der Waals surface area (Å²) in [5, 5.41) is 4.57. The first-order valence-corrected chi connectivity index (χ1v) is 7.73. The molecule has 0 bridgehead atoms. The van der Waals surface area contributed by atoms with Gasteiger partial charge in [-0.05, 0) is 35.6 Å². The van der Waals surface area contributed by atoms with Crippen LogP contribution in [0.1, 0.15) is 30.4 Å². The zero-order valence-electron chi connectivity index (χ0n) is 12.7. The van der Waals surface area contributed by atoms with Crippen molar-refractivity contribution in [2.45, 2.75) is 19.3 Å². The third-order valence-corrected chi connectivity index (χ3v) is 4.59. The summed E-state index contributed by atoms with van der Waals surface area (Å²) in [6.45, 7) is 7.44. The zero-order chi connectivity index (χ0) is 15.1. The lowest BCUT2D eigenvalue weighted by Gasteiger charge is -2.14. The van der Waals surface area contributed by atoms with Gasteiger partial charge in [0.25, 0.3) is 0 Å². The van der Waals surface area contributed by atoms with Gasteiger partial charge in [0.1, 0.15) is 5.65 Å². The predicted molar refractivity (Wildman–Crippen MR) is 91.6 cm³/mol. The van der Waals surface area contributed by atoms with E-state index in [9.17, 15) is 0 Å². The molecule has 2 aromatic heterocycles. The molecule has 1 aliphatic heterocycles. The molecule has 0 spiro atoms. The maximum Gasteiger partial charge on any atom is 0.137 e. The number of aromatic amines is 1. The van der Waals surface area contributed by atoms with E-state index in [1.165, 1.54) is 27.6 Å². The summed E-state index contributed by atoms with van der Waals surface area (Å²) < 4.78 is 0. The van der Waals surface area contributed by atoms with Crippen LogP contribution in [0, 0.1) is 0 Å². The van der Waals surface area contributed by atoms with Crippen LogP contribution in [0.2, 0.25) is 0 Å². The maximum absolute atomic E-state index is 4.38. The van der Waals surface area contributed by atoms with Crippen molar-refractivity contribution >= 4 is 16.7 Å². The Bertz CT molecular complexity index is 860. The molecule has 1 aliphatic rings. The van der Waals surface area contributed by atoms with Crippen molar-refractivity contribution < 1.29 is 0 Å². The summed E-state index contributed by atoms with van der Waals surface area (Å²) in [7, 11) is 0. The zero-order valence-corrected chi connectivity index (χ0v) is 12.7. The van der Waals surface area contributed by atoms with Crippen molar-refractivity contribution in [3.63, 3.8) is 0 Å². The summed E-state index contributed by atoms with van der Waals surface area (Å²) in [6, 6.07) is 10.8. The number of nitrogens with one attached hydrogen (secondary N) is 2. The van der Waals surface area contributed by atoms with Crippen LogP contribution in [-0.2, 0) is 0 Å². The molecule has 2 N–H and O–H groups in total. The Hall–Kier alpha value is -2.55. The topological polar surface area (TPSA) is 40.7 Å². The Balaban J connectivity index is 1.89. The number of aromatic nitrogens is 2. The number of rotatable bonds is 1. The molecule has 1 atom stereocenters. The van der Waals surface area contributed by atoms with E-state index >= 15 is 0 Å². The highest BCUT2D eigenvalue weighted by Gasteiger charge is 2.18. The van der Waals surface area contributed by atoms with Gasteiger partial charge in [-0.15, -0.1) is 0 Å². The molecule has 0 radical (unpaired) electrons. The van der Waals surface area contributed by atoms with Crippen molar-refractivity contribution in [1.82, 2.24) is 15.3 Å². The van der Waals surface area contributed by atoms with Crippen molar-refractivity contribution in [3.8, 4) is 11.1 Å². The second-order valence-electron chi connectivity index (χ2n) is 6.00. The third-order valence-electron chi connectivity index (χ3n) is 4.59. The van der Waals surface area contributed by atoms with E-state index < -0.39 is 0 Å². The molecular weight excluding hydrogens is 270 g/mol. The molecule has 1 aromatic carbocycles. The van der Waals surface area contributed by atoms with Crippen molar-refractivity contribution in [3.05, 3.63) is 60.4 Å². The first-order valence-electron chi connectivity index (χ1n) is 7.73. The van der Waals surface area contributed by atoms with Gasteiger partial charge in [-0.3, -0.25) is 0 Å². The smallest absolute Gasteiger partial charge is 0.137 e. The molecule has 0 aliphatic carbocycles. The number of nitrogens with zero attached hydrogens (tertiary/aromatic N) is 1. The van der Waals surface area contributed by atoms with E-state index in [1.54, 1.807) is 0 Å². The fraction of sp³-hybridized carbons (Fsp3) is 0.211. The Morgan fingerprint density at radius 3 is 3.05 bits per heavy atom. The molecule has 22 heavy (non-hydrogen) atoms. The van der Waals surface area contributed by atoms with E-state index in [-0.39, 0.29) is 0 Å². The van der Waals surface area contributed by atoms with Crippen molar-refractivity contribution in [2.75, 3.05) is 6.54 Å². The molecule has 1 unspecified atom stereocenters. The Morgan fingerprint density at radius 2 is 2.14 bits per heavy atom. The van der Waals surface area contributed by atoms with Crippen LogP contribution < -0.4 is 5.32 Å². The van der Waals surface area contributed by atoms with Gasteiger partial charge in [-0.25, -0.2) is 4.98 Å². The SMILES string of the molecule is C=C1NCCC(C)c2cc(-c3c[nH]c4ncccc34)ccc21. The largest absolute Gasteiger partial charge is 0.385 e. The molecule has 0 saturated heterocycles. The fourth-order valence-corrected chi connectivity index (χ4v) is 3.30. The second kappa shape index (κ2) is 5.02. The van der Waals surface area contributed by atoms with Gasteiger partial charge in [0, 0.05) is 41.1 Å². The third kappa shape index (κ3) is 2.01. The lowest BCUT2D eigenvalue weighted by molar-refractivity contribution is 0.672. The Labute approximate surface area is 130 Å². The highest BCUT2D eigenvalue weighted by Crippen LogP contribution is 2.35. The molecule has 3 heteroatoms. The maximum atomic E-state index is 4.38. The summed E-state index contributed by atoms with van der Waals surface area (Å²) in [5.74, 6) is 0.532. The first kappa shape index (κ1) is 13.1. The molecule has 3 nitrogen and oxygen atoms in total. The normalized spacial score (nSPS) is 17.9. The summed E-state index contributed by atoms with van der Waals surface area (Å²) in [5.41, 5.74) is 7.04. The van der Waals surface area contributed by atoms with Crippen molar-refractivity contribution in [1.29, 1.82) is 0 Å². The number of hydrogen-bond donors (Lipinski definition) is 2. The fourth-order valence-electron chi connectivity index (χ4n) is 3.30. The van der Waals surface area contributed by atoms with Crippen LogP contribution in [0.5, 0.6) is 0 Å². The minimum Gasteiger partial charge on any atom is -0.385 e. The minimum atomic E-state index is 0.532. The highest BCUT2D eigenvalue weighted by molar-refractivity contribution is 5.93. The average Bonchev–Trinajstić information content (AvgIpc) is 2.92. The van der Waals surface area contributed by atoms with E-state index in [0.717, 1.165) is 24.3 Å². The molecular formula is C19H19N3. The Morgan fingerprint density at radius 1 is 1.23 bits per heavy atom. The molecule has 3 aromatic rings. The molecule has 110 valence electrons. The second-order valence-corrected chi connectivity index (χ2v) is 6.00. The monoisotopic (exact) mass is 289 g/mol. The van der Waals surface area contributed by atoms with Gasteiger partial charge >= 0.3 is 0 Å². The van der Waals surface area contributed by atoms with Crippen LogP contribution >= 0.6 is 0 Å². The van der Waals surface area contributed by atoms with Crippen LogP contribution in [0.4, 0.5) is 0 Å². The van der Waals surface area contributed by atoms with E-state index in [2.05, 4.69) is 53.1 Å². The molecule has 4 rings (SSSR count). The van der Waals surface area contributed by atoms with Gasteiger partial charge in [0.05, 0.1) is 0 Å². The molecule has 3 heterocycles. The number of H-pyrrole nitrogens is 1. The minimum absolute atomic E-state index is 0.532. The lowest BCUT2D eigenvalue weighted by Crippen LogP contribution is -2.10.